The van der Waals surface area contributed by atoms with Crippen molar-refractivity contribution in [3.63, 3.8) is 0 Å². The number of hydrogen-bond donors (Lipinski definition) is 0. The van der Waals surface area contributed by atoms with Crippen molar-refractivity contribution < 1.29 is 26.7 Å². The highest BCUT2D eigenvalue weighted by Gasteiger charge is 2.42. The number of nitrogens with zero attached hydrogens (tertiary/aromatic N) is 1. The van der Waals surface area contributed by atoms with Crippen LogP contribution >= 0.6 is 0 Å². The van der Waals surface area contributed by atoms with E-state index < -0.39 is 37.6 Å². The number of pyridine rings is 1. The molecule has 170 valence electrons. The number of halogens is 2. The van der Waals surface area contributed by atoms with Crippen LogP contribution in [0.5, 0.6) is 0 Å². The molecule has 1 aromatic carbocycles. The van der Waals surface area contributed by atoms with Crippen molar-refractivity contribution in [2.45, 2.75) is 44.9 Å². The number of carbonyl (C=O) groups excluding carboxylic acids is 1. The molecule has 1 atom stereocenters. The summed E-state index contributed by atoms with van der Waals surface area (Å²) in [5.74, 6) is -2.12. The van der Waals surface area contributed by atoms with Crippen LogP contribution in [0.1, 0.15) is 32.3 Å². The van der Waals surface area contributed by atoms with Crippen molar-refractivity contribution in [2.24, 2.45) is 0 Å². The summed E-state index contributed by atoms with van der Waals surface area (Å²) in [6.07, 6.45) is 2.28. The average Bonchev–Trinajstić information content (AvgIpc) is 2.67. The topological polar surface area (TPSA) is 82.4 Å². The van der Waals surface area contributed by atoms with Crippen molar-refractivity contribution >= 4 is 15.6 Å². The Morgan fingerprint density at radius 2 is 1.84 bits per heavy atom. The van der Waals surface area contributed by atoms with E-state index in [1.165, 1.54) is 19.1 Å². The fourth-order valence-electron chi connectivity index (χ4n) is 3.09. The first-order chi connectivity index (χ1) is 14.4. The zero-order chi connectivity index (χ0) is 23.4. The molecule has 0 radical (unpaired) electrons. The van der Waals surface area contributed by atoms with Gasteiger partial charge in [0.05, 0.1) is 0 Å². The van der Waals surface area contributed by atoms with Gasteiger partial charge in [-0.1, -0.05) is 19.1 Å². The van der Waals surface area contributed by atoms with Crippen LogP contribution in [0.2, 0.25) is 0 Å². The van der Waals surface area contributed by atoms with Crippen LogP contribution in [-0.4, -0.2) is 43.0 Å². The molecule has 0 spiro atoms. The number of carbonyl (C=O) groups is 1. The van der Waals surface area contributed by atoms with Gasteiger partial charge in [-0.15, -0.1) is 0 Å². The maximum atomic E-state index is 14.7. The zero-order valence-electron chi connectivity index (χ0n) is 18.1. The van der Waals surface area contributed by atoms with Gasteiger partial charge < -0.3 is 9.30 Å². The van der Waals surface area contributed by atoms with Crippen LogP contribution in [0.3, 0.4) is 0 Å². The summed E-state index contributed by atoms with van der Waals surface area (Å²) < 4.78 is 57.9. The number of sulfone groups is 1. The van der Waals surface area contributed by atoms with Crippen LogP contribution < -0.4 is 5.56 Å². The van der Waals surface area contributed by atoms with Gasteiger partial charge >= 0.3 is 0 Å². The van der Waals surface area contributed by atoms with Gasteiger partial charge in [-0.3, -0.25) is 9.59 Å². The Morgan fingerprint density at radius 1 is 1.16 bits per heavy atom. The number of Topliss-reactive ketones (excluding diaryl/α,β-unsaturated/α-hetero) is 1. The third-order valence-electron chi connectivity index (χ3n) is 5.31. The summed E-state index contributed by atoms with van der Waals surface area (Å²) in [6, 6.07) is 5.20. The Labute approximate surface area is 180 Å². The molecule has 0 N–H and O–H groups in total. The van der Waals surface area contributed by atoms with E-state index in [0.29, 0.717) is 18.6 Å². The number of aromatic nitrogens is 1. The van der Waals surface area contributed by atoms with Crippen molar-refractivity contribution in [1.82, 2.24) is 4.57 Å². The number of hydrogen-bond acceptors (Lipinski definition) is 5. The second kappa shape index (κ2) is 9.82. The van der Waals surface area contributed by atoms with Gasteiger partial charge in [0, 0.05) is 42.8 Å². The van der Waals surface area contributed by atoms with Crippen LogP contribution in [0.25, 0.3) is 11.1 Å². The molecule has 31 heavy (non-hydrogen) atoms. The first-order valence-electron chi connectivity index (χ1n) is 9.88. The minimum Gasteiger partial charge on any atom is -0.374 e. The predicted molar refractivity (Wildman–Crippen MR) is 115 cm³/mol. The fourth-order valence-corrected chi connectivity index (χ4v) is 4.03. The molecule has 0 unspecified atom stereocenters. The lowest BCUT2D eigenvalue weighted by Gasteiger charge is -2.26. The summed E-state index contributed by atoms with van der Waals surface area (Å²) in [5, 5.41) is 0. The third-order valence-corrected chi connectivity index (χ3v) is 7.38. The Kier molecular flexibility index (Phi) is 7.88. The molecule has 0 saturated heterocycles. The van der Waals surface area contributed by atoms with Gasteiger partial charge in [-0.05, 0) is 38.3 Å². The lowest BCUT2D eigenvalue weighted by Crippen LogP contribution is -2.46. The summed E-state index contributed by atoms with van der Waals surface area (Å²) in [7, 11) is -3.84. The lowest BCUT2D eigenvalue weighted by atomic mass is 10.0. The molecule has 2 aromatic rings. The van der Waals surface area contributed by atoms with Crippen LogP contribution in [0, 0.1) is 18.6 Å². The normalized spacial score (nSPS) is 13.7. The van der Waals surface area contributed by atoms with Crippen LogP contribution in [0.15, 0.2) is 35.3 Å². The van der Waals surface area contributed by atoms with E-state index in [4.69, 9.17) is 4.74 Å². The quantitative estimate of drug-likeness (QED) is 0.514. The third kappa shape index (κ3) is 5.65. The second-order valence-electron chi connectivity index (χ2n) is 7.78. The number of aryl methyl sites for hydroxylation is 2. The Hall–Kier alpha value is -2.39. The average molecular weight is 456 g/mol. The highest BCUT2D eigenvalue weighted by atomic mass is 32.2. The summed E-state index contributed by atoms with van der Waals surface area (Å²) in [4.78, 5) is 25.1. The van der Waals surface area contributed by atoms with Gasteiger partial charge in [0.1, 0.15) is 23.0 Å². The lowest BCUT2D eigenvalue weighted by molar-refractivity contribution is -0.126. The molecular formula is C22H27F2NO5S. The first kappa shape index (κ1) is 24.9. The standard InChI is InChI=1S/C22H27F2NO5S/c1-5-10-30-14-20(26)22(3,31(4,28)29)8-9-25-13-19(24)17(12-21(25)27)16-7-6-15(2)11-18(16)23/h6-7,11-13H,5,8-10,14H2,1-4H3/t22-/m1/s1. The molecule has 2 rings (SSSR count). The van der Waals surface area contributed by atoms with E-state index in [0.717, 1.165) is 23.1 Å². The molecule has 0 aliphatic rings. The molecule has 0 amide bonds. The molecule has 0 bridgehead atoms. The molecule has 0 aliphatic carbocycles. The number of ketones is 1. The van der Waals surface area contributed by atoms with Gasteiger partial charge in [-0.2, -0.15) is 0 Å². The molecule has 0 saturated carbocycles. The number of ether oxygens (including phenoxy) is 1. The fraction of sp³-hybridized carbons (Fsp3) is 0.455. The minimum absolute atomic E-state index is 0.0448. The molecular weight excluding hydrogens is 428 g/mol. The van der Waals surface area contributed by atoms with Crippen LogP contribution in [-0.2, 0) is 25.9 Å². The molecule has 0 aliphatic heterocycles. The van der Waals surface area contributed by atoms with Crippen molar-refractivity contribution in [1.29, 1.82) is 0 Å². The first-order valence-corrected chi connectivity index (χ1v) is 11.8. The Balaban J connectivity index is 2.32. The molecule has 6 nitrogen and oxygen atoms in total. The monoisotopic (exact) mass is 455 g/mol. The maximum Gasteiger partial charge on any atom is 0.251 e. The van der Waals surface area contributed by atoms with Crippen molar-refractivity contribution in [3.8, 4) is 11.1 Å². The maximum absolute atomic E-state index is 14.7. The highest BCUT2D eigenvalue weighted by molar-refractivity contribution is 7.92. The Bertz CT molecular complexity index is 1130. The van der Waals surface area contributed by atoms with E-state index in [1.807, 2.05) is 6.92 Å². The highest BCUT2D eigenvalue weighted by Crippen LogP contribution is 2.26. The second-order valence-corrected chi connectivity index (χ2v) is 10.2. The largest absolute Gasteiger partial charge is 0.374 e. The van der Waals surface area contributed by atoms with Gasteiger partial charge in [0.25, 0.3) is 5.56 Å². The SMILES string of the molecule is CCCOCC(=O)[C@@](C)(CCn1cc(F)c(-c2ccc(C)cc2F)cc1=O)S(C)(=O)=O. The summed E-state index contributed by atoms with van der Waals surface area (Å²) >= 11 is 0. The Morgan fingerprint density at radius 3 is 2.42 bits per heavy atom. The molecule has 0 fully saturated rings. The van der Waals surface area contributed by atoms with Crippen LogP contribution in [0.4, 0.5) is 8.78 Å². The molecule has 1 heterocycles. The van der Waals surface area contributed by atoms with E-state index in [1.54, 1.807) is 13.0 Å². The molecule has 1 aromatic heterocycles. The van der Waals surface area contributed by atoms with Gasteiger partial charge in [-0.25, -0.2) is 17.2 Å². The van der Waals surface area contributed by atoms with Gasteiger partial charge in [0.15, 0.2) is 15.6 Å². The zero-order valence-corrected chi connectivity index (χ0v) is 18.9. The number of benzene rings is 1. The smallest absolute Gasteiger partial charge is 0.251 e. The van der Waals surface area contributed by atoms with E-state index in [2.05, 4.69) is 0 Å². The number of rotatable bonds is 10. The van der Waals surface area contributed by atoms with Crippen molar-refractivity contribution in [3.05, 3.63) is 58.0 Å². The minimum atomic E-state index is -3.84. The van der Waals surface area contributed by atoms with Crippen molar-refractivity contribution in [2.75, 3.05) is 19.5 Å². The van der Waals surface area contributed by atoms with E-state index in [9.17, 15) is 26.8 Å². The predicted octanol–water partition coefficient (Wildman–Crippen LogP) is 3.29. The summed E-state index contributed by atoms with van der Waals surface area (Å²) in [5.41, 5.74) is -0.213. The van der Waals surface area contributed by atoms with E-state index in [-0.39, 0.29) is 30.7 Å². The van der Waals surface area contributed by atoms with E-state index >= 15 is 0 Å². The summed E-state index contributed by atoms with van der Waals surface area (Å²) in [6.45, 7) is 4.55. The van der Waals surface area contributed by atoms with Gasteiger partial charge in [0.2, 0.25) is 0 Å². The molecule has 9 heteroatoms.